The number of fused-ring (bicyclic) bond motifs is 1. The largest absolute Gasteiger partial charge is 0.361 e. The van der Waals surface area contributed by atoms with E-state index in [1.165, 1.54) is 12.5 Å². The Morgan fingerprint density at radius 1 is 1.17 bits per heavy atom. The Kier molecular flexibility index (Phi) is 4.16. The number of aromatic nitrogens is 6. The standard InChI is InChI=1S/C18H15F3N8/c19-10-4-11(20)18(26-13-6-22-5-12(13)21)27-16(10)14-7-23-15-3-9(1-2-29(14)15)17-24-8-25-28-17/h1-4,7-8,12-13,22H,5-6H2,(H,26,27)(H,24,25,28)/t12-,13-/m0/s1. The fourth-order valence-corrected chi connectivity index (χ4v) is 3.36. The van der Waals surface area contributed by atoms with E-state index >= 15 is 0 Å². The average molecular weight is 400 g/mol. The maximum Gasteiger partial charge on any atom is 0.168 e. The lowest BCUT2D eigenvalue weighted by atomic mass is 10.2. The van der Waals surface area contributed by atoms with Crippen molar-refractivity contribution in [2.45, 2.75) is 12.2 Å². The summed E-state index contributed by atoms with van der Waals surface area (Å²) >= 11 is 0. The summed E-state index contributed by atoms with van der Waals surface area (Å²) in [5, 5.41) is 13.3. The Morgan fingerprint density at radius 2 is 2.07 bits per heavy atom. The van der Waals surface area contributed by atoms with Gasteiger partial charge in [0.25, 0.3) is 0 Å². The molecule has 5 heterocycles. The van der Waals surface area contributed by atoms with Gasteiger partial charge in [0.15, 0.2) is 23.3 Å². The molecule has 2 atom stereocenters. The minimum Gasteiger partial charge on any atom is -0.361 e. The number of imidazole rings is 1. The highest BCUT2D eigenvalue weighted by atomic mass is 19.1. The zero-order valence-electron chi connectivity index (χ0n) is 14.9. The molecule has 1 aliphatic rings. The molecule has 0 unspecified atom stereocenters. The summed E-state index contributed by atoms with van der Waals surface area (Å²) in [7, 11) is 0. The average Bonchev–Trinajstić information content (AvgIpc) is 3.45. The van der Waals surface area contributed by atoms with Gasteiger partial charge in [0.2, 0.25) is 0 Å². The van der Waals surface area contributed by atoms with E-state index in [9.17, 15) is 13.2 Å². The fourth-order valence-electron chi connectivity index (χ4n) is 3.36. The molecule has 5 rings (SSSR count). The van der Waals surface area contributed by atoms with Crippen LogP contribution in [-0.2, 0) is 0 Å². The number of H-pyrrole nitrogens is 1. The summed E-state index contributed by atoms with van der Waals surface area (Å²) in [4.78, 5) is 11.3. The van der Waals surface area contributed by atoms with Gasteiger partial charge in [-0.2, -0.15) is 0 Å². The van der Waals surface area contributed by atoms with E-state index in [4.69, 9.17) is 0 Å². The Morgan fingerprint density at radius 3 is 2.83 bits per heavy atom. The molecule has 1 aliphatic heterocycles. The Balaban J connectivity index is 1.54. The predicted molar refractivity (Wildman–Crippen MR) is 98.9 cm³/mol. The number of hydrogen-bond acceptors (Lipinski definition) is 6. The number of hydrogen-bond donors (Lipinski definition) is 3. The molecular weight excluding hydrogens is 385 g/mol. The van der Waals surface area contributed by atoms with Crippen molar-refractivity contribution < 1.29 is 13.2 Å². The Labute approximate surface area is 162 Å². The van der Waals surface area contributed by atoms with Crippen LogP contribution in [0.2, 0.25) is 0 Å². The van der Waals surface area contributed by atoms with E-state index in [1.54, 1.807) is 22.7 Å². The van der Waals surface area contributed by atoms with Gasteiger partial charge in [0, 0.05) is 30.9 Å². The lowest BCUT2D eigenvalue weighted by molar-refractivity contribution is 0.341. The molecule has 1 fully saturated rings. The van der Waals surface area contributed by atoms with Crippen molar-refractivity contribution in [3.05, 3.63) is 48.6 Å². The summed E-state index contributed by atoms with van der Waals surface area (Å²) < 4.78 is 44.2. The maximum atomic E-state index is 14.5. The molecule has 0 aliphatic carbocycles. The Bertz CT molecular complexity index is 1170. The van der Waals surface area contributed by atoms with Crippen molar-refractivity contribution in [1.29, 1.82) is 0 Å². The first-order valence-electron chi connectivity index (χ1n) is 8.91. The van der Waals surface area contributed by atoms with Crippen molar-refractivity contribution in [3.8, 4) is 22.8 Å². The third-order valence-electron chi connectivity index (χ3n) is 4.84. The van der Waals surface area contributed by atoms with Gasteiger partial charge >= 0.3 is 0 Å². The smallest absolute Gasteiger partial charge is 0.168 e. The quantitative estimate of drug-likeness (QED) is 0.486. The highest BCUT2D eigenvalue weighted by Gasteiger charge is 2.28. The van der Waals surface area contributed by atoms with Gasteiger partial charge in [0.05, 0.1) is 17.9 Å². The number of aromatic amines is 1. The number of rotatable bonds is 4. The van der Waals surface area contributed by atoms with Crippen LogP contribution in [0.25, 0.3) is 28.4 Å². The van der Waals surface area contributed by atoms with E-state index in [0.717, 1.165) is 11.6 Å². The SMILES string of the molecule is Fc1cc(F)c(-c2cnc3cc(-c4nnc[nH]4)ccn23)nc1N[C@H]1CNC[C@@H]1F. The number of nitrogens with zero attached hydrogens (tertiary/aromatic N) is 5. The Hall–Kier alpha value is -3.47. The van der Waals surface area contributed by atoms with Gasteiger partial charge < -0.3 is 15.6 Å². The van der Waals surface area contributed by atoms with Gasteiger partial charge in [0.1, 0.15) is 23.8 Å². The number of halogens is 3. The molecule has 11 heteroatoms. The van der Waals surface area contributed by atoms with E-state index in [1.807, 2.05) is 0 Å². The van der Waals surface area contributed by atoms with Gasteiger partial charge in [-0.15, -0.1) is 10.2 Å². The van der Waals surface area contributed by atoms with E-state index < -0.39 is 23.8 Å². The lowest BCUT2D eigenvalue weighted by Crippen LogP contribution is -2.30. The molecule has 8 nitrogen and oxygen atoms in total. The van der Waals surface area contributed by atoms with Crippen molar-refractivity contribution in [2.24, 2.45) is 0 Å². The van der Waals surface area contributed by atoms with Crippen LogP contribution in [0.15, 0.2) is 36.9 Å². The van der Waals surface area contributed by atoms with Crippen molar-refractivity contribution >= 4 is 11.5 Å². The first-order chi connectivity index (χ1) is 14.1. The summed E-state index contributed by atoms with van der Waals surface area (Å²) in [6.07, 6.45) is 3.41. The third-order valence-corrected chi connectivity index (χ3v) is 4.84. The molecule has 0 amide bonds. The molecule has 0 radical (unpaired) electrons. The van der Waals surface area contributed by atoms with Gasteiger partial charge in [-0.05, 0) is 12.1 Å². The molecule has 148 valence electrons. The molecule has 0 bridgehead atoms. The van der Waals surface area contributed by atoms with E-state index in [0.29, 0.717) is 23.7 Å². The zero-order chi connectivity index (χ0) is 20.0. The number of nitrogens with one attached hydrogen (secondary N) is 3. The first kappa shape index (κ1) is 17.6. The van der Waals surface area contributed by atoms with Crippen molar-refractivity contribution in [1.82, 2.24) is 34.9 Å². The zero-order valence-corrected chi connectivity index (χ0v) is 14.9. The highest BCUT2D eigenvalue weighted by molar-refractivity contribution is 5.67. The van der Waals surface area contributed by atoms with Gasteiger partial charge in [-0.3, -0.25) is 4.40 Å². The van der Waals surface area contributed by atoms with Crippen LogP contribution in [0.3, 0.4) is 0 Å². The molecule has 4 aromatic rings. The van der Waals surface area contributed by atoms with E-state index in [-0.39, 0.29) is 18.1 Å². The molecular formula is C18H15F3N8. The summed E-state index contributed by atoms with van der Waals surface area (Å²) in [6.45, 7) is 0.503. The van der Waals surface area contributed by atoms with Crippen LogP contribution in [0.4, 0.5) is 19.0 Å². The number of pyridine rings is 2. The summed E-state index contributed by atoms with van der Waals surface area (Å²) in [5.41, 5.74) is 1.53. The summed E-state index contributed by atoms with van der Waals surface area (Å²) in [5.74, 6) is -1.35. The van der Waals surface area contributed by atoms with Crippen LogP contribution in [0.1, 0.15) is 0 Å². The topological polar surface area (TPSA) is 95.8 Å². The molecule has 3 N–H and O–H groups in total. The monoisotopic (exact) mass is 400 g/mol. The second-order valence-corrected chi connectivity index (χ2v) is 6.70. The fraction of sp³-hybridized carbons (Fsp3) is 0.222. The van der Waals surface area contributed by atoms with Gasteiger partial charge in [-0.1, -0.05) is 0 Å². The highest BCUT2D eigenvalue weighted by Crippen LogP contribution is 2.27. The van der Waals surface area contributed by atoms with Gasteiger partial charge in [-0.25, -0.2) is 23.1 Å². The van der Waals surface area contributed by atoms with Crippen LogP contribution in [0, 0.1) is 11.6 Å². The first-order valence-corrected chi connectivity index (χ1v) is 8.91. The normalized spacial score (nSPS) is 19.1. The lowest BCUT2D eigenvalue weighted by Gasteiger charge is -2.16. The molecule has 29 heavy (non-hydrogen) atoms. The second-order valence-electron chi connectivity index (χ2n) is 6.70. The molecule has 0 saturated carbocycles. The number of anilines is 1. The summed E-state index contributed by atoms with van der Waals surface area (Å²) in [6, 6.07) is 3.62. The second kappa shape index (κ2) is 6.85. The molecule has 0 aromatic carbocycles. The van der Waals surface area contributed by atoms with Crippen LogP contribution < -0.4 is 10.6 Å². The minimum absolute atomic E-state index is 0.0878. The number of alkyl halides is 1. The molecule has 1 saturated heterocycles. The van der Waals surface area contributed by atoms with Crippen molar-refractivity contribution in [3.63, 3.8) is 0 Å². The minimum atomic E-state index is -1.19. The van der Waals surface area contributed by atoms with Crippen molar-refractivity contribution in [2.75, 3.05) is 18.4 Å². The van der Waals surface area contributed by atoms with Crippen LogP contribution >= 0.6 is 0 Å². The third kappa shape index (κ3) is 3.09. The van der Waals surface area contributed by atoms with Crippen LogP contribution in [-0.4, -0.2) is 54.9 Å². The maximum absolute atomic E-state index is 14.5. The van der Waals surface area contributed by atoms with E-state index in [2.05, 4.69) is 35.8 Å². The molecule has 4 aromatic heterocycles. The van der Waals surface area contributed by atoms with Crippen LogP contribution in [0.5, 0.6) is 0 Å². The predicted octanol–water partition coefficient (Wildman–Crippen LogP) is 2.18. The molecule has 0 spiro atoms.